The predicted octanol–water partition coefficient (Wildman–Crippen LogP) is 3.77. The summed E-state index contributed by atoms with van der Waals surface area (Å²) >= 11 is 0. The summed E-state index contributed by atoms with van der Waals surface area (Å²) in [6, 6.07) is 10.5. The van der Waals surface area contributed by atoms with Gasteiger partial charge in [-0.1, -0.05) is 0 Å². The Balaban J connectivity index is 1.46. The number of carbonyl (C=O) groups is 1. The molecule has 1 N–H and O–H groups in total. The molecule has 4 heterocycles. The van der Waals surface area contributed by atoms with Crippen LogP contribution in [0.25, 0.3) is 11.3 Å². The van der Waals surface area contributed by atoms with Gasteiger partial charge in [0, 0.05) is 35.8 Å². The predicted molar refractivity (Wildman–Crippen MR) is 119 cm³/mol. The van der Waals surface area contributed by atoms with Gasteiger partial charge in [-0.05, 0) is 76.4 Å². The summed E-state index contributed by atoms with van der Waals surface area (Å²) in [6.07, 6.45) is 1.85. The number of piperidine rings is 3. The Bertz CT molecular complexity index is 916. The molecule has 0 radical (unpaired) electrons. The zero-order chi connectivity index (χ0) is 22.0. The largest absolute Gasteiger partial charge is 0.497 e. The molecule has 7 heteroatoms. The minimum atomic E-state index is -0.329. The number of hydrogen-bond donors (Lipinski definition) is 1. The van der Waals surface area contributed by atoms with Crippen molar-refractivity contribution in [2.75, 3.05) is 26.8 Å². The van der Waals surface area contributed by atoms with Gasteiger partial charge in [-0.2, -0.15) is 0 Å². The number of nitrogens with one attached hydrogen (secondary N) is 1. The van der Waals surface area contributed by atoms with E-state index in [4.69, 9.17) is 14.5 Å². The highest BCUT2D eigenvalue weighted by Crippen LogP contribution is 2.42. The van der Waals surface area contributed by atoms with Crippen LogP contribution in [0.4, 0.5) is 4.79 Å². The van der Waals surface area contributed by atoms with Crippen LogP contribution in [0.5, 0.6) is 5.75 Å². The molecule has 166 valence electrons. The van der Waals surface area contributed by atoms with E-state index >= 15 is 0 Å². The van der Waals surface area contributed by atoms with E-state index in [1.165, 1.54) is 0 Å². The van der Waals surface area contributed by atoms with Gasteiger partial charge in [0.15, 0.2) is 0 Å². The molecule has 3 aliphatic heterocycles. The van der Waals surface area contributed by atoms with Crippen LogP contribution in [-0.2, 0) is 4.74 Å². The summed E-state index contributed by atoms with van der Waals surface area (Å²) in [6.45, 7) is 8.27. The normalized spacial score (nSPS) is 24.8. The fourth-order valence-corrected chi connectivity index (χ4v) is 4.79. The topological polar surface area (TPSA) is 76.6 Å². The molecular formula is C24H32N4O3. The van der Waals surface area contributed by atoms with Crippen LogP contribution in [0, 0.1) is 12.8 Å². The van der Waals surface area contributed by atoms with Crippen molar-refractivity contribution >= 4 is 6.09 Å². The van der Waals surface area contributed by atoms with Gasteiger partial charge in [0.05, 0.1) is 12.8 Å². The van der Waals surface area contributed by atoms with Crippen molar-refractivity contribution in [1.82, 2.24) is 20.2 Å². The second-order valence-electron chi connectivity index (χ2n) is 8.89. The molecule has 7 nitrogen and oxygen atoms in total. The van der Waals surface area contributed by atoms with E-state index in [2.05, 4.69) is 21.3 Å². The summed E-state index contributed by atoms with van der Waals surface area (Å²) in [7, 11) is 1.67. The maximum absolute atomic E-state index is 11.9. The quantitative estimate of drug-likeness (QED) is 0.761. The summed E-state index contributed by atoms with van der Waals surface area (Å²) in [5.74, 6) is 2.56. The van der Waals surface area contributed by atoms with Crippen molar-refractivity contribution in [2.45, 2.75) is 51.6 Å². The molecule has 1 amide bonds. The summed E-state index contributed by atoms with van der Waals surface area (Å²) in [5, 5.41) is 2.79. The number of nitrogens with zero attached hydrogens (tertiary/aromatic N) is 3. The number of amides is 1. The molecular weight excluding hydrogens is 392 g/mol. The van der Waals surface area contributed by atoms with Gasteiger partial charge in [0.2, 0.25) is 0 Å². The third-order valence-electron chi connectivity index (χ3n) is 6.32. The van der Waals surface area contributed by atoms with Crippen LogP contribution < -0.4 is 10.1 Å². The highest BCUT2D eigenvalue weighted by Gasteiger charge is 2.41. The van der Waals surface area contributed by atoms with Crippen molar-refractivity contribution in [3.8, 4) is 17.0 Å². The van der Waals surface area contributed by atoms with Gasteiger partial charge in [0.1, 0.15) is 18.2 Å². The minimum absolute atomic E-state index is 0.0842. The molecule has 3 fully saturated rings. The lowest BCUT2D eigenvalue weighted by atomic mass is 9.74. The Labute approximate surface area is 184 Å². The highest BCUT2D eigenvalue weighted by molar-refractivity contribution is 5.67. The van der Waals surface area contributed by atoms with Crippen LogP contribution >= 0.6 is 0 Å². The molecule has 5 rings (SSSR count). The number of benzene rings is 1. The molecule has 4 atom stereocenters. The van der Waals surface area contributed by atoms with Gasteiger partial charge in [0.25, 0.3) is 0 Å². The van der Waals surface area contributed by atoms with Crippen molar-refractivity contribution in [1.29, 1.82) is 0 Å². The van der Waals surface area contributed by atoms with E-state index in [-0.39, 0.29) is 18.2 Å². The molecule has 31 heavy (non-hydrogen) atoms. The molecule has 0 spiro atoms. The molecule has 2 aromatic rings. The first kappa shape index (κ1) is 21.6. The third kappa shape index (κ3) is 4.98. The molecule has 1 aromatic heterocycles. The zero-order valence-corrected chi connectivity index (χ0v) is 18.8. The third-order valence-corrected chi connectivity index (χ3v) is 6.32. The Morgan fingerprint density at radius 1 is 1.26 bits per heavy atom. The monoisotopic (exact) mass is 424 g/mol. The van der Waals surface area contributed by atoms with Crippen LogP contribution in [0.3, 0.4) is 0 Å². The number of methoxy groups -OCH3 is 1. The number of ether oxygens (including phenoxy) is 2. The zero-order valence-electron chi connectivity index (χ0n) is 18.8. The van der Waals surface area contributed by atoms with Gasteiger partial charge in [-0.25, -0.2) is 14.8 Å². The first-order valence-corrected chi connectivity index (χ1v) is 11.1. The van der Waals surface area contributed by atoms with Crippen molar-refractivity contribution in [2.24, 2.45) is 5.92 Å². The number of aromatic nitrogens is 2. The van der Waals surface area contributed by atoms with E-state index < -0.39 is 0 Å². The molecule has 2 bridgehead atoms. The number of fused-ring (bicyclic) bond motifs is 3. The number of rotatable bonds is 6. The van der Waals surface area contributed by atoms with Crippen molar-refractivity contribution in [3.05, 3.63) is 41.9 Å². The van der Waals surface area contributed by atoms with E-state index in [0.29, 0.717) is 18.4 Å². The molecule has 1 aromatic carbocycles. The van der Waals surface area contributed by atoms with Crippen LogP contribution in [-0.4, -0.2) is 59.9 Å². The van der Waals surface area contributed by atoms with Gasteiger partial charge < -0.3 is 14.8 Å². The number of aryl methyl sites for hydroxylation is 1. The van der Waals surface area contributed by atoms with Crippen LogP contribution in [0.1, 0.15) is 44.1 Å². The number of alkyl carbamates (subject to hydrolysis) is 1. The second kappa shape index (κ2) is 9.22. The van der Waals surface area contributed by atoms with E-state index in [9.17, 15) is 4.79 Å². The van der Waals surface area contributed by atoms with Crippen molar-refractivity contribution in [3.63, 3.8) is 0 Å². The Hall–Kier alpha value is -2.67. The average molecular weight is 425 g/mol. The van der Waals surface area contributed by atoms with Crippen molar-refractivity contribution < 1.29 is 14.3 Å². The lowest BCUT2D eigenvalue weighted by Gasteiger charge is -2.49. The highest BCUT2D eigenvalue weighted by atomic mass is 16.5. The molecule has 0 saturated carbocycles. The summed E-state index contributed by atoms with van der Waals surface area (Å²) < 4.78 is 10.7. The number of hydrogen-bond acceptors (Lipinski definition) is 6. The van der Waals surface area contributed by atoms with Crippen LogP contribution in [0.2, 0.25) is 0 Å². The lowest BCUT2D eigenvalue weighted by molar-refractivity contribution is -0.00373. The molecule has 3 aliphatic rings. The minimum Gasteiger partial charge on any atom is -0.497 e. The second-order valence-corrected chi connectivity index (χ2v) is 8.89. The van der Waals surface area contributed by atoms with Gasteiger partial charge in [-0.15, -0.1) is 0 Å². The molecule has 3 saturated heterocycles. The fraction of sp³-hybridized carbons (Fsp3) is 0.542. The smallest absolute Gasteiger partial charge is 0.407 e. The van der Waals surface area contributed by atoms with E-state index in [1.54, 1.807) is 7.11 Å². The lowest BCUT2D eigenvalue weighted by Crippen LogP contribution is -2.54. The molecule has 1 unspecified atom stereocenters. The maximum Gasteiger partial charge on any atom is 0.407 e. The maximum atomic E-state index is 11.9. The van der Waals surface area contributed by atoms with Gasteiger partial charge >= 0.3 is 6.09 Å². The summed E-state index contributed by atoms with van der Waals surface area (Å²) in [4.78, 5) is 23.8. The Morgan fingerprint density at radius 3 is 2.68 bits per heavy atom. The first-order valence-electron chi connectivity index (χ1n) is 11.1. The fourth-order valence-electron chi connectivity index (χ4n) is 4.79. The number of carbonyl (C=O) groups excluding carboxylic acids is 1. The summed E-state index contributed by atoms with van der Waals surface area (Å²) in [5.41, 5.74) is 3.13. The van der Waals surface area contributed by atoms with E-state index in [0.717, 1.165) is 54.5 Å². The average Bonchev–Trinajstić information content (AvgIpc) is 2.77. The Kier molecular flexibility index (Phi) is 6.41. The first-order chi connectivity index (χ1) is 14.9. The standard InChI is InChI=1S/C24H32N4O3/c1-15(2)25-24(29)31-14-19-11-18-9-10-28(19)13-21(18)23-12-22(26-16(3)27-23)17-5-7-20(30-4)8-6-17/h5-8,12,15,18-19,21H,9-11,13-14H2,1-4H3,(H,25,29)/t18-,19+,21-/m0/s1. The van der Waals surface area contributed by atoms with Crippen LogP contribution in [0.15, 0.2) is 30.3 Å². The SMILES string of the molecule is COc1ccc(-c2cc([C@H]3CN4CC[C@H]3C[C@@H]4COC(=O)NC(C)C)nc(C)n2)cc1. The van der Waals surface area contributed by atoms with Gasteiger partial charge in [-0.3, -0.25) is 4.90 Å². The van der Waals surface area contributed by atoms with E-state index in [1.807, 2.05) is 45.0 Å². The molecule has 0 aliphatic carbocycles. The Morgan fingerprint density at radius 2 is 2.03 bits per heavy atom.